The van der Waals surface area contributed by atoms with Crippen molar-refractivity contribution in [2.24, 2.45) is 17.3 Å². The Morgan fingerprint density at radius 2 is 1.82 bits per heavy atom. The summed E-state index contributed by atoms with van der Waals surface area (Å²) in [5, 5.41) is 4.22. The van der Waals surface area contributed by atoms with E-state index in [4.69, 9.17) is 23.2 Å². The molecule has 1 aliphatic heterocycles. The lowest BCUT2D eigenvalue weighted by Gasteiger charge is -2.39. The maximum Gasteiger partial charge on any atom is 0.150 e. The van der Waals surface area contributed by atoms with Gasteiger partial charge in [0.1, 0.15) is 11.6 Å². The molecular weight excluding hydrogens is 520 g/mol. The predicted octanol–water partition coefficient (Wildman–Crippen LogP) is 7.84. The summed E-state index contributed by atoms with van der Waals surface area (Å²) >= 11 is 12.6. The summed E-state index contributed by atoms with van der Waals surface area (Å²) in [6, 6.07) is 9.51. The monoisotopic (exact) mass is 557 g/mol. The van der Waals surface area contributed by atoms with Crippen molar-refractivity contribution < 1.29 is 14.0 Å². The number of carbonyl (C=O) groups is 2. The van der Waals surface area contributed by atoms with Gasteiger partial charge in [0.2, 0.25) is 0 Å². The molecule has 38 heavy (non-hydrogen) atoms. The minimum Gasteiger partial charge on any atom is -0.303 e. The van der Waals surface area contributed by atoms with Crippen molar-refractivity contribution in [2.75, 3.05) is 0 Å². The Hall–Kier alpha value is -1.75. The number of fused-ring (bicyclic) bond motifs is 2. The summed E-state index contributed by atoms with van der Waals surface area (Å²) in [6.45, 7) is 8.68. The van der Waals surface area contributed by atoms with Gasteiger partial charge in [-0.2, -0.15) is 0 Å². The van der Waals surface area contributed by atoms with Gasteiger partial charge in [-0.05, 0) is 71.4 Å². The van der Waals surface area contributed by atoms with Crippen molar-refractivity contribution in [3.8, 4) is 0 Å². The first-order valence-corrected chi connectivity index (χ1v) is 14.7. The molecule has 2 aliphatic carbocycles. The van der Waals surface area contributed by atoms with Crippen molar-refractivity contribution in [1.29, 1.82) is 0 Å². The number of benzene rings is 2. The van der Waals surface area contributed by atoms with Crippen LogP contribution in [0.15, 0.2) is 36.4 Å². The summed E-state index contributed by atoms with van der Waals surface area (Å²) in [7, 11) is 0. The highest BCUT2D eigenvalue weighted by atomic mass is 35.5. The molecule has 2 aromatic carbocycles. The van der Waals surface area contributed by atoms with Gasteiger partial charge >= 0.3 is 0 Å². The van der Waals surface area contributed by atoms with Crippen LogP contribution in [0.1, 0.15) is 88.8 Å². The van der Waals surface area contributed by atoms with Gasteiger partial charge in [0, 0.05) is 29.8 Å². The zero-order chi connectivity index (χ0) is 27.4. The summed E-state index contributed by atoms with van der Waals surface area (Å²) < 4.78 is 15.9. The number of halogens is 3. The number of nitrogens with one attached hydrogen (secondary N) is 1. The van der Waals surface area contributed by atoms with Gasteiger partial charge in [-0.25, -0.2) is 4.39 Å². The fourth-order valence-electron chi connectivity index (χ4n) is 7.47. The van der Waals surface area contributed by atoms with Crippen LogP contribution < -0.4 is 5.32 Å². The highest BCUT2D eigenvalue weighted by molar-refractivity contribution is 6.31. The second-order valence-corrected chi connectivity index (χ2v) is 14.0. The van der Waals surface area contributed by atoms with Crippen LogP contribution in [-0.4, -0.2) is 23.7 Å². The van der Waals surface area contributed by atoms with Crippen LogP contribution in [0.25, 0.3) is 0 Å². The Labute approximate surface area is 235 Å². The molecule has 6 heteroatoms. The molecule has 1 saturated heterocycles. The van der Waals surface area contributed by atoms with Crippen LogP contribution in [0.4, 0.5) is 4.39 Å². The normalized spacial score (nSPS) is 31.1. The standard InChI is InChI=1S/C32H38Cl2FNO2/c1-18-8-10-19(11-9-18)14-25(37)30-28(22-6-5-7-24(34)29(22)35)32(26(36-30)17-31(2,3)4)23-13-12-21(33)15-20(23)16-27(32)38/h5-7,12-13,15,18-19,26,28,30,36H,8-11,14,16-17H2,1-4H3/t18?,19?,26-,28+,30+,32-/m1/s1. The van der Waals surface area contributed by atoms with Crippen molar-refractivity contribution in [2.45, 2.75) is 96.1 Å². The quantitative estimate of drug-likeness (QED) is 0.407. The second kappa shape index (κ2) is 10.3. The zero-order valence-electron chi connectivity index (χ0n) is 22.8. The van der Waals surface area contributed by atoms with Gasteiger partial charge in [0.15, 0.2) is 5.78 Å². The maximum absolute atomic E-state index is 15.9. The Kier molecular flexibility index (Phi) is 7.56. The lowest BCUT2D eigenvalue weighted by atomic mass is 9.61. The molecule has 3 aliphatic rings. The highest BCUT2D eigenvalue weighted by Crippen LogP contribution is 2.57. The minimum absolute atomic E-state index is 0.00571. The van der Waals surface area contributed by atoms with Crippen molar-refractivity contribution >= 4 is 34.8 Å². The molecule has 0 radical (unpaired) electrons. The Morgan fingerprint density at radius 1 is 1.11 bits per heavy atom. The van der Waals surface area contributed by atoms with Gasteiger partial charge in [0.25, 0.3) is 0 Å². The van der Waals surface area contributed by atoms with E-state index in [2.05, 4.69) is 33.0 Å². The average molecular weight is 559 g/mol. The summed E-state index contributed by atoms with van der Waals surface area (Å²) in [6.07, 6.45) is 5.65. The molecule has 2 fully saturated rings. The van der Waals surface area contributed by atoms with E-state index < -0.39 is 23.2 Å². The fraction of sp³-hybridized carbons (Fsp3) is 0.562. The fourth-order valence-corrected chi connectivity index (χ4v) is 7.85. The van der Waals surface area contributed by atoms with Crippen molar-refractivity contribution in [1.82, 2.24) is 5.32 Å². The van der Waals surface area contributed by atoms with Gasteiger partial charge in [-0.15, -0.1) is 0 Å². The summed E-state index contributed by atoms with van der Waals surface area (Å²) in [5.74, 6) is -0.135. The van der Waals surface area contributed by atoms with Crippen molar-refractivity contribution in [3.63, 3.8) is 0 Å². The third-order valence-corrected chi connectivity index (χ3v) is 9.71. The van der Waals surface area contributed by atoms with Gasteiger partial charge in [-0.3, -0.25) is 9.59 Å². The molecule has 0 aromatic heterocycles. The number of Topliss-reactive ketones (excluding diaryl/α,β-unsaturated/α-hetero) is 2. The smallest absolute Gasteiger partial charge is 0.150 e. The molecular formula is C32H38Cl2FNO2. The van der Waals surface area contributed by atoms with E-state index in [1.54, 1.807) is 18.2 Å². The van der Waals surface area contributed by atoms with E-state index in [0.29, 0.717) is 35.3 Å². The SMILES string of the molecule is CC1CCC(CC(=O)[C@@H]2N[C@H](CC(C)(C)C)[C@]3(C(=O)Cc4cc(Cl)ccc43)[C@H]2c2cccc(Cl)c2F)CC1. The van der Waals surface area contributed by atoms with E-state index in [1.165, 1.54) is 6.07 Å². The summed E-state index contributed by atoms with van der Waals surface area (Å²) in [4.78, 5) is 28.4. The predicted molar refractivity (Wildman–Crippen MR) is 152 cm³/mol. The molecule has 4 atom stereocenters. The van der Waals surface area contributed by atoms with E-state index in [9.17, 15) is 9.59 Å². The maximum atomic E-state index is 15.9. The second-order valence-electron chi connectivity index (χ2n) is 13.1. The molecule has 0 amide bonds. The first-order chi connectivity index (χ1) is 17.9. The average Bonchev–Trinajstić information content (AvgIpc) is 3.31. The molecule has 1 spiro atoms. The zero-order valence-corrected chi connectivity index (χ0v) is 24.3. The molecule has 204 valence electrons. The molecule has 1 saturated carbocycles. The van der Waals surface area contributed by atoms with Crippen molar-refractivity contribution in [3.05, 3.63) is 69.0 Å². The number of carbonyl (C=O) groups excluding carboxylic acids is 2. The van der Waals surface area contributed by atoms with Crippen LogP contribution in [0.3, 0.4) is 0 Å². The topological polar surface area (TPSA) is 46.2 Å². The molecule has 1 heterocycles. The Balaban J connectivity index is 1.67. The Bertz CT molecular complexity index is 1250. The van der Waals surface area contributed by atoms with Crippen LogP contribution in [0.2, 0.25) is 10.0 Å². The molecule has 2 aromatic rings. The third-order valence-electron chi connectivity index (χ3n) is 9.18. The summed E-state index contributed by atoms with van der Waals surface area (Å²) in [5.41, 5.74) is 0.854. The Morgan fingerprint density at radius 3 is 2.50 bits per heavy atom. The first kappa shape index (κ1) is 27.8. The molecule has 1 N–H and O–H groups in total. The molecule has 5 rings (SSSR count). The lowest BCUT2D eigenvalue weighted by molar-refractivity contribution is -0.124. The molecule has 0 unspecified atom stereocenters. The minimum atomic E-state index is -1.08. The van der Waals surface area contributed by atoms with Crippen LogP contribution in [0.5, 0.6) is 0 Å². The highest BCUT2D eigenvalue weighted by Gasteiger charge is 2.65. The molecule has 3 nitrogen and oxygen atoms in total. The van der Waals surface area contributed by atoms with E-state index in [1.807, 2.05) is 12.1 Å². The van der Waals surface area contributed by atoms with Crippen LogP contribution in [0, 0.1) is 23.1 Å². The van der Waals surface area contributed by atoms with Gasteiger partial charge < -0.3 is 5.32 Å². The van der Waals surface area contributed by atoms with Gasteiger partial charge in [0.05, 0.1) is 16.5 Å². The van der Waals surface area contributed by atoms with Gasteiger partial charge in [-0.1, -0.05) is 81.9 Å². The van der Waals surface area contributed by atoms with E-state index >= 15 is 4.39 Å². The largest absolute Gasteiger partial charge is 0.303 e. The van der Waals surface area contributed by atoms with E-state index in [-0.39, 0.29) is 34.5 Å². The number of hydrogen-bond donors (Lipinski definition) is 1. The van der Waals surface area contributed by atoms with Crippen LogP contribution in [-0.2, 0) is 21.4 Å². The lowest BCUT2D eigenvalue weighted by Crippen LogP contribution is -2.48. The van der Waals surface area contributed by atoms with E-state index in [0.717, 1.165) is 36.8 Å². The number of ketones is 2. The number of rotatable bonds is 5. The first-order valence-electron chi connectivity index (χ1n) is 14.0. The van der Waals surface area contributed by atoms with Crippen LogP contribution >= 0.6 is 23.2 Å². The third kappa shape index (κ3) is 4.86. The number of hydrogen-bond acceptors (Lipinski definition) is 3. The molecule has 0 bridgehead atoms.